The Morgan fingerprint density at radius 3 is 2.55 bits per heavy atom. The molecule has 8 nitrogen and oxygen atoms in total. The molecule has 11 heteroatoms. The fourth-order valence-electron chi connectivity index (χ4n) is 2.69. The lowest BCUT2D eigenvalue weighted by molar-refractivity contribution is -0.385. The third-order valence-corrected chi connectivity index (χ3v) is 5.85. The molecule has 0 fully saturated rings. The number of amides is 1. The van der Waals surface area contributed by atoms with Crippen molar-refractivity contribution in [3.8, 4) is 0 Å². The van der Waals surface area contributed by atoms with Crippen molar-refractivity contribution in [2.24, 2.45) is 0 Å². The molecule has 0 atom stereocenters. The van der Waals surface area contributed by atoms with Gasteiger partial charge in [-0.3, -0.25) is 19.2 Å². The lowest BCUT2D eigenvalue weighted by Gasteiger charge is -2.23. The van der Waals surface area contributed by atoms with Gasteiger partial charge in [0, 0.05) is 24.1 Å². The molecule has 2 aromatic carbocycles. The number of nitro benzene ring substituents is 1. The van der Waals surface area contributed by atoms with Gasteiger partial charge in [-0.05, 0) is 37.6 Å². The zero-order chi connectivity index (χ0) is 21.8. The second-order valence-electron chi connectivity index (χ2n) is 6.29. The first-order chi connectivity index (χ1) is 13.5. The summed E-state index contributed by atoms with van der Waals surface area (Å²) in [6.07, 6.45) is 1.25. The van der Waals surface area contributed by atoms with Gasteiger partial charge in [0.05, 0.1) is 33.1 Å². The van der Waals surface area contributed by atoms with Gasteiger partial charge in [0.2, 0.25) is 15.9 Å². The maximum atomic E-state index is 12.2. The summed E-state index contributed by atoms with van der Waals surface area (Å²) in [5, 5.41) is 14.2. The largest absolute Gasteiger partial charge is 0.326 e. The van der Waals surface area contributed by atoms with Crippen LogP contribution in [-0.2, 0) is 14.8 Å². The highest BCUT2D eigenvalue weighted by Crippen LogP contribution is 2.31. The number of nitrogens with zero attached hydrogens (tertiary/aromatic N) is 2. The van der Waals surface area contributed by atoms with E-state index in [4.69, 9.17) is 23.2 Å². The lowest BCUT2D eigenvalue weighted by atomic mass is 10.1. The molecule has 1 N–H and O–H groups in total. The van der Waals surface area contributed by atoms with E-state index in [9.17, 15) is 23.3 Å². The average molecular weight is 460 g/mol. The molecule has 0 spiro atoms. The fourth-order valence-corrected chi connectivity index (χ4v) is 4.10. The topological polar surface area (TPSA) is 110 Å². The first-order valence-electron chi connectivity index (χ1n) is 8.47. The van der Waals surface area contributed by atoms with E-state index in [1.165, 1.54) is 24.3 Å². The Balaban J connectivity index is 2.07. The van der Waals surface area contributed by atoms with E-state index < -0.39 is 14.9 Å². The molecule has 0 bridgehead atoms. The lowest BCUT2D eigenvalue weighted by Crippen LogP contribution is -2.31. The second kappa shape index (κ2) is 9.43. The summed E-state index contributed by atoms with van der Waals surface area (Å²) in [6, 6.07) is 8.88. The Labute approximate surface area is 178 Å². The summed E-state index contributed by atoms with van der Waals surface area (Å²) in [5.74, 6) is -0.390. The van der Waals surface area contributed by atoms with Gasteiger partial charge in [-0.15, -0.1) is 0 Å². The standard InChI is InChI=1S/C18H19Cl2N3O5S/c1-12-15(5-3-6-16(12)23(25)26)21-18(24)7-4-10-22(29(2,27)28)17-11-13(19)8-9-14(17)20/h3,5-6,8-9,11H,4,7,10H2,1-2H3,(H,21,24). The highest BCUT2D eigenvalue weighted by atomic mass is 35.5. The predicted octanol–water partition coefficient (Wildman–Crippen LogP) is 4.39. The summed E-state index contributed by atoms with van der Waals surface area (Å²) < 4.78 is 25.4. The van der Waals surface area contributed by atoms with Crippen LogP contribution in [0.4, 0.5) is 17.1 Å². The minimum absolute atomic E-state index is 0.00629. The van der Waals surface area contributed by atoms with E-state index in [-0.39, 0.29) is 41.7 Å². The number of nitro groups is 1. The Morgan fingerprint density at radius 1 is 1.24 bits per heavy atom. The van der Waals surface area contributed by atoms with Gasteiger partial charge >= 0.3 is 0 Å². The van der Waals surface area contributed by atoms with Crippen LogP contribution in [0, 0.1) is 17.0 Å². The zero-order valence-electron chi connectivity index (χ0n) is 15.7. The number of carbonyl (C=O) groups excluding carboxylic acids is 1. The van der Waals surface area contributed by atoms with E-state index in [1.54, 1.807) is 19.1 Å². The van der Waals surface area contributed by atoms with Gasteiger partial charge in [-0.25, -0.2) is 8.42 Å². The third kappa shape index (κ3) is 6.06. The fraction of sp³-hybridized carbons (Fsp3) is 0.278. The number of sulfonamides is 1. The summed E-state index contributed by atoms with van der Waals surface area (Å²) in [4.78, 5) is 22.7. The van der Waals surface area contributed by atoms with Crippen molar-refractivity contribution >= 4 is 56.2 Å². The monoisotopic (exact) mass is 459 g/mol. The van der Waals surface area contributed by atoms with E-state index in [0.29, 0.717) is 16.3 Å². The van der Waals surface area contributed by atoms with Crippen molar-refractivity contribution in [1.82, 2.24) is 0 Å². The number of nitrogens with one attached hydrogen (secondary N) is 1. The summed E-state index contributed by atoms with van der Waals surface area (Å²) in [5.41, 5.74) is 0.814. The van der Waals surface area contributed by atoms with Crippen LogP contribution < -0.4 is 9.62 Å². The molecule has 0 aliphatic carbocycles. The predicted molar refractivity (Wildman–Crippen MR) is 114 cm³/mol. The van der Waals surface area contributed by atoms with Crippen LogP contribution in [-0.4, -0.2) is 32.0 Å². The normalized spacial score (nSPS) is 11.2. The van der Waals surface area contributed by atoms with E-state index in [0.717, 1.165) is 10.6 Å². The minimum Gasteiger partial charge on any atom is -0.326 e. The van der Waals surface area contributed by atoms with Crippen LogP contribution in [0.15, 0.2) is 36.4 Å². The second-order valence-corrected chi connectivity index (χ2v) is 9.04. The summed E-state index contributed by atoms with van der Waals surface area (Å²) in [6.45, 7) is 1.56. The molecule has 29 heavy (non-hydrogen) atoms. The molecule has 0 saturated heterocycles. The number of carbonyl (C=O) groups is 1. The van der Waals surface area contributed by atoms with Crippen molar-refractivity contribution in [3.05, 3.63) is 62.1 Å². The maximum Gasteiger partial charge on any atom is 0.274 e. The van der Waals surface area contributed by atoms with Gasteiger partial charge in [0.25, 0.3) is 5.69 Å². The van der Waals surface area contributed by atoms with Crippen molar-refractivity contribution in [2.45, 2.75) is 19.8 Å². The molecule has 0 saturated carbocycles. The van der Waals surface area contributed by atoms with Gasteiger partial charge in [-0.2, -0.15) is 0 Å². The number of benzene rings is 2. The molecule has 1 amide bonds. The number of anilines is 2. The number of rotatable bonds is 8. The molecular weight excluding hydrogens is 441 g/mol. The van der Waals surface area contributed by atoms with Gasteiger partial charge in [0.1, 0.15) is 0 Å². The molecule has 0 aliphatic heterocycles. The molecule has 0 aliphatic rings. The first kappa shape index (κ1) is 22.9. The smallest absolute Gasteiger partial charge is 0.274 e. The van der Waals surface area contributed by atoms with E-state index in [2.05, 4.69) is 5.32 Å². The Kier molecular flexibility index (Phi) is 7.45. The van der Waals surface area contributed by atoms with Crippen LogP contribution in [0.2, 0.25) is 10.0 Å². The Bertz CT molecular complexity index is 1040. The average Bonchev–Trinajstić information content (AvgIpc) is 2.61. The highest BCUT2D eigenvalue weighted by molar-refractivity contribution is 7.92. The molecule has 156 valence electrons. The zero-order valence-corrected chi connectivity index (χ0v) is 18.0. The molecule has 0 unspecified atom stereocenters. The first-order valence-corrected chi connectivity index (χ1v) is 11.1. The van der Waals surface area contributed by atoms with E-state index >= 15 is 0 Å². The molecule has 2 aromatic rings. The highest BCUT2D eigenvalue weighted by Gasteiger charge is 2.21. The number of halogens is 2. The summed E-state index contributed by atoms with van der Waals surface area (Å²) >= 11 is 12.0. The van der Waals surface area contributed by atoms with Crippen LogP contribution in [0.1, 0.15) is 18.4 Å². The van der Waals surface area contributed by atoms with Crippen molar-refractivity contribution in [3.63, 3.8) is 0 Å². The van der Waals surface area contributed by atoms with Crippen LogP contribution >= 0.6 is 23.2 Å². The quantitative estimate of drug-likeness (QED) is 0.464. The number of hydrogen-bond acceptors (Lipinski definition) is 5. The van der Waals surface area contributed by atoms with Crippen molar-refractivity contribution in [1.29, 1.82) is 0 Å². The molecule has 0 aromatic heterocycles. The summed E-state index contributed by atoms with van der Waals surface area (Å²) in [7, 11) is -3.65. The van der Waals surface area contributed by atoms with E-state index in [1.807, 2.05) is 0 Å². The van der Waals surface area contributed by atoms with Crippen LogP contribution in [0.25, 0.3) is 0 Å². The third-order valence-electron chi connectivity index (χ3n) is 4.12. The van der Waals surface area contributed by atoms with Gasteiger partial charge < -0.3 is 5.32 Å². The SMILES string of the molecule is Cc1c(NC(=O)CCCN(c2cc(Cl)ccc2Cl)S(C)(=O)=O)cccc1[N+](=O)[O-]. The Hall–Kier alpha value is -2.36. The Morgan fingerprint density at radius 2 is 1.93 bits per heavy atom. The van der Waals surface area contributed by atoms with Crippen molar-refractivity contribution in [2.75, 3.05) is 22.4 Å². The molecular formula is C18H19Cl2N3O5S. The van der Waals surface area contributed by atoms with Gasteiger partial charge in [-0.1, -0.05) is 29.3 Å². The number of hydrogen-bond donors (Lipinski definition) is 1. The maximum absolute atomic E-state index is 12.2. The molecule has 0 radical (unpaired) electrons. The van der Waals surface area contributed by atoms with Crippen LogP contribution in [0.5, 0.6) is 0 Å². The van der Waals surface area contributed by atoms with Crippen molar-refractivity contribution < 1.29 is 18.1 Å². The van der Waals surface area contributed by atoms with Crippen LogP contribution in [0.3, 0.4) is 0 Å². The van der Waals surface area contributed by atoms with Gasteiger partial charge in [0.15, 0.2) is 0 Å². The minimum atomic E-state index is -3.65. The molecule has 2 rings (SSSR count). The molecule has 0 heterocycles.